The fourth-order valence-electron chi connectivity index (χ4n) is 2.36. The van der Waals surface area contributed by atoms with Crippen molar-refractivity contribution in [2.24, 2.45) is 0 Å². The van der Waals surface area contributed by atoms with Gasteiger partial charge in [-0.25, -0.2) is 0 Å². The Morgan fingerprint density at radius 2 is 1.82 bits per heavy atom. The van der Waals surface area contributed by atoms with E-state index >= 15 is 0 Å². The Labute approximate surface area is 117 Å². The summed E-state index contributed by atoms with van der Waals surface area (Å²) >= 11 is 2.30. The van der Waals surface area contributed by atoms with E-state index in [1.165, 1.54) is 31.3 Å². The van der Waals surface area contributed by atoms with Gasteiger partial charge in [0.15, 0.2) is 0 Å². The van der Waals surface area contributed by atoms with Gasteiger partial charge in [0, 0.05) is 3.57 Å². The fourth-order valence-corrected chi connectivity index (χ4v) is 3.04. The summed E-state index contributed by atoms with van der Waals surface area (Å²) in [6.45, 7) is 0. The van der Waals surface area contributed by atoms with E-state index in [0.29, 0.717) is 0 Å². The molecule has 0 radical (unpaired) electrons. The third-order valence-corrected chi connectivity index (χ3v) is 4.36. The molecule has 17 heavy (non-hydrogen) atoms. The third kappa shape index (κ3) is 3.55. The number of benzene rings is 1. The highest BCUT2D eigenvalue weighted by atomic mass is 127. The van der Waals surface area contributed by atoms with Gasteiger partial charge in [0.25, 0.3) is 0 Å². The van der Waals surface area contributed by atoms with Crippen LogP contribution >= 0.6 is 22.6 Å². The first-order chi connectivity index (χ1) is 8.29. The first kappa shape index (κ1) is 13.1. The summed E-state index contributed by atoms with van der Waals surface area (Å²) < 4.78 is 1.15. The second kappa shape index (κ2) is 6.55. The minimum absolute atomic E-state index is 0.402. The van der Waals surface area contributed by atoms with Crippen LogP contribution in [0.5, 0.6) is 0 Å². The first-order valence-electron chi connectivity index (χ1n) is 6.40. The number of aliphatic hydroxyl groups excluding tert-OH is 1. The van der Waals surface area contributed by atoms with Crippen molar-refractivity contribution < 1.29 is 5.11 Å². The molecule has 1 aliphatic rings. The molecule has 0 heterocycles. The molecular weight excluding hydrogens is 323 g/mol. The van der Waals surface area contributed by atoms with Gasteiger partial charge in [0.1, 0.15) is 6.10 Å². The number of hydrogen-bond donors (Lipinski definition) is 1. The van der Waals surface area contributed by atoms with Gasteiger partial charge in [0.2, 0.25) is 0 Å². The van der Waals surface area contributed by atoms with Crippen molar-refractivity contribution in [2.45, 2.75) is 44.6 Å². The topological polar surface area (TPSA) is 20.2 Å². The second-order valence-corrected chi connectivity index (χ2v) is 5.82. The van der Waals surface area contributed by atoms with E-state index in [1.807, 2.05) is 18.2 Å². The highest BCUT2D eigenvalue weighted by Crippen LogP contribution is 2.30. The van der Waals surface area contributed by atoms with Crippen LogP contribution in [0.15, 0.2) is 35.9 Å². The van der Waals surface area contributed by atoms with Crippen LogP contribution in [0.2, 0.25) is 0 Å². The summed E-state index contributed by atoms with van der Waals surface area (Å²) in [5.41, 5.74) is 2.27. The Bertz CT molecular complexity index is 398. The Morgan fingerprint density at radius 1 is 1.06 bits per heavy atom. The Hall–Kier alpha value is -0.350. The molecule has 0 spiro atoms. The molecule has 0 saturated heterocycles. The molecule has 0 amide bonds. The van der Waals surface area contributed by atoms with Crippen molar-refractivity contribution in [3.63, 3.8) is 0 Å². The zero-order valence-corrected chi connectivity index (χ0v) is 12.2. The Kier molecular flexibility index (Phi) is 5.04. The monoisotopic (exact) mass is 342 g/mol. The average Bonchev–Trinajstić information content (AvgIpc) is 2.28. The van der Waals surface area contributed by atoms with Crippen molar-refractivity contribution in [2.75, 3.05) is 0 Å². The third-order valence-electron chi connectivity index (χ3n) is 3.38. The molecule has 0 saturated carbocycles. The van der Waals surface area contributed by atoms with Crippen molar-refractivity contribution in [3.8, 4) is 0 Å². The minimum atomic E-state index is -0.402. The van der Waals surface area contributed by atoms with Gasteiger partial charge in [-0.1, -0.05) is 37.1 Å². The molecule has 1 N–H and O–H groups in total. The van der Waals surface area contributed by atoms with Crippen LogP contribution in [0.1, 0.15) is 50.2 Å². The zero-order chi connectivity index (χ0) is 12.1. The van der Waals surface area contributed by atoms with Gasteiger partial charge in [-0.2, -0.15) is 0 Å². The van der Waals surface area contributed by atoms with Crippen LogP contribution in [0.4, 0.5) is 0 Å². The molecule has 92 valence electrons. The van der Waals surface area contributed by atoms with E-state index < -0.39 is 6.10 Å². The lowest BCUT2D eigenvalue weighted by Gasteiger charge is -2.18. The predicted octanol–water partition coefficient (Wildman–Crippen LogP) is 4.61. The van der Waals surface area contributed by atoms with Crippen LogP contribution in [0, 0.1) is 3.57 Å². The van der Waals surface area contributed by atoms with E-state index in [0.717, 1.165) is 22.0 Å². The van der Waals surface area contributed by atoms with E-state index in [2.05, 4.69) is 34.7 Å². The van der Waals surface area contributed by atoms with Crippen molar-refractivity contribution in [1.82, 2.24) is 0 Å². The summed E-state index contributed by atoms with van der Waals surface area (Å²) in [5, 5.41) is 10.5. The lowest BCUT2D eigenvalue weighted by molar-refractivity contribution is 0.208. The summed E-state index contributed by atoms with van der Waals surface area (Å²) in [5.74, 6) is 0. The van der Waals surface area contributed by atoms with Crippen LogP contribution in [0.25, 0.3) is 0 Å². The molecule has 0 aromatic heterocycles. The fraction of sp³-hybridized carbons (Fsp3) is 0.467. The molecule has 1 nitrogen and oxygen atoms in total. The zero-order valence-electron chi connectivity index (χ0n) is 10.0. The molecule has 0 aliphatic heterocycles. The van der Waals surface area contributed by atoms with Gasteiger partial charge in [0.05, 0.1) is 0 Å². The molecule has 2 heteroatoms. The maximum Gasteiger partial charge on any atom is 0.101 e. The van der Waals surface area contributed by atoms with Crippen LogP contribution in [-0.4, -0.2) is 5.11 Å². The first-order valence-corrected chi connectivity index (χ1v) is 7.48. The summed E-state index contributed by atoms with van der Waals surface area (Å²) in [7, 11) is 0. The van der Waals surface area contributed by atoms with Crippen molar-refractivity contribution >= 4 is 22.6 Å². The summed E-state index contributed by atoms with van der Waals surface area (Å²) in [4.78, 5) is 0. The lowest BCUT2D eigenvalue weighted by atomic mass is 9.93. The van der Waals surface area contributed by atoms with Crippen LogP contribution < -0.4 is 0 Å². The van der Waals surface area contributed by atoms with Crippen LogP contribution in [-0.2, 0) is 0 Å². The molecule has 2 rings (SSSR count). The van der Waals surface area contributed by atoms with E-state index in [1.54, 1.807) is 0 Å². The number of rotatable bonds is 2. The van der Waals surface area contributed by atoms with Crippen molar-refractivity contribution in [3.05, 3.63) is 45.0 Å². The normalized spacial score (nSPS) is 22.1. The lowest BCUT2D eigenvalue weighted by Crippen LogP contribution is -2.05. The minimum Gasteiger partial charge on any atom is -0.384 e. The molecule has 1 atom stereocenters. The molecule has 0 bridgehead atoms. The molecule has 1 aromatic rings. The SMILES string of the molecule is OC(/C1=C/CCCCCC1)c1ccccc1I. The van der Waals surface area contributed by atoms with E-state index in [-0.39, 0.29) is 0 Å². The highest BCUT2D eigenvalue weighted by molar-refractivity contribution is 14.1. The molecule has 0 fully saturated rings. The van der Waals surface area contributed by atoms with Gasteiger partial charge in [-0.15, -0.1) is 0 Å². The van der Waals surface area contributed by atoms with Gasteiger partial charge in [-0.05, 0) is 65.5 Å². The smallest absolute Gasteiger partial charge is 0.101 e. The molecule has 1 aromatic carbocycles. The molecule has 1 aliphatic carbocycles. The van der Waals surface area contributed by atoms with E-state index in [4.69, 9.17) is 0 Å². The van der Waals surface area contributed by atoms with Gasteiger partial charge < -0.3 is 5.11 Å². The van der Waals surface area contributed by atoms with Crippen LogP contribution in [0.3, 0.4) is 0 Å². The number of halogens is 1. The quantitative estimate of drug-likeness (QED) is 0.615. The average molecular weight is 342 g/mol. The summed E-state index contributed by atoms with van der Waals surface area (Å²) in [6, 6.07) is 8.11. The highest BCUT2D eigenvalue weighted by Gasteiger charge is 2.16. The standard InChI is InChI=1S/C15H19IO/c16-14-11-7-6-10-13(14)15(17)12-8-4-2-1-3-5-9-12/h6-8,10-11,15,17H,1-5,9H2/b12-8+. The maximum atomic E-state index is 10.5. The molecule has 1 unspecified atom stereocenters. The summed E-state index contributed by atoms with van der Waals surface area (Å²) in [6.07, 6.45) is 9.14. The number of hydrogen-bond acceptors (Lipinski definition) is 1. The second-order valence-electron chi connectivity index (χ2n) is 4.66. The predicted molar refractivity (Wildman–Crippen MR) is 79.9 cm³/mol. The Morgan fingerprint density at radius 3 is 2.65 bits per heavy atom. The molecular formula is C15H19IO. The number of allylic oxidation sites excluding steroid dienone is 1. The number of aliphatic hydroxyl groups is 1. The van der Waals surface area contributed by atoms with Gasteiger partial charge in [-0.3, -0.25) is 0 Å². The Balaban J connectivity index is 2.18. The largest absolute Gasteiger partial charge is 0.384 e. The van der Waals surface area contributed by atoms with E-state index in [9.17, 15) is 5.11 Å². The van der Waals surface area contributed by atoms with Gasteiger partial charge >= 0.3 is 0 Å². The maximum absolute atomic E-state index is 10.5. The van der Waals surface area contributed by atoms with Crippen molar-refractivity contribution in [1.29, 1.82) is 0 Å².